The number of Topliss-reactive ketones (excluding diaryl/α,β-unsaturated/α-hetero) is 1. The second-order valence-electron chi connectivity index (χ2n) is 4.82. The SMILES string of the molecule is CC(=O)CNC1=CN(C(=O)OC(C)(C)C)C1. The maximum Gasteiger partial charge on any atom is 0.414 e. The minimum atomic E-state index is -0.479. The van der Waals surface area contributed by atoms with Gasteiger partial charge in [0.25, 0.3) is 0 Å². The van der Waals surface area contributed by atoms with Crippen LogP contribution < -0.4 is 5.32 Å². The van der Waals surface area contributed by atoms with Gasteiger partial charge in [-0.2, -0.15) is 0 Å². The van der Waals surface area contributed by atoms with Gasteiger partial charge in [0, 0.05) is 11.9 Å². The summed E-state index contributed by atoms with van der Waals surface area (Å²) in [6.45, 7) is 7.75. The highest BCUT2D eigenvalue weighted by Crippen LogP contribution is 2.16. The monoisotopic (exact) mass is 226 g/mol. The Balaban J connectivity index is 2.34. The molecule has 0 radical (unpaired) electrons. The van der Waals surface area contributed by atoms with Crippen LogP contribution in [0.1, 0.15) is 27.7 Å². The summed E-state index contributed by atoms with van der Waals surface area (Å²) >= 11 is 0. The van der Waals surface area contributed by atoms with Crippen molar-refractivity contribution in [2.45, 2.75) is 33.3 Å². The van der Waals surface area contributed by atoms with Gasteiger partial charge in [0.05, 0.1) is 13.1 Å². The van der Waals surface area contributed by atoms with Crippen molar-refractivity contribution < 1.29 is 14.3 Å². The molecule has 0 unspecified atom stereocenters. The lowest BCUT2D eigenvalue weighted by Crippen LogP contribution is -2.43. The molecule has 1 N–H and O–H groups in total. The van der Waals surface area contributed by atoms with Crippen LogP contribution in [0.2, 0.25) is 0 Å². The van der Waals surface area contributed by atoms with Crippen molar-refractivity contribution in [2.24, 2.45) is 0 Å². The predicted octanol–water partition coefficient (Wildman–Crippen LogP) is 1.26. The first-order valence-corrected chi connectivity index (χ1v) is 5.21. The highest BCUT2D eigenvalue weighted by molar-refractivity contribution is 5.78. The van der Waals surface area contributed by atoms with Crippen molar-refractivity contribution in [3.8, 4) is 0 Å². The van der Waals surface area contributed by atoms with Gasteiger partial charge in [-0.05, 0) is 27.7 Å². The van der Waals surface area contributed by atoms with Gasteiger partial charge in [0.2, 0.25) is 0 Å². The zero-order chi connectivity index (χ0) is 12.3. The Morgan fingerprint density at radius 3 is 2.50 bits per heavy atom. The van der Waals surface area contributed by atoms with E-state index in [0.29, 0.717) is 13.1 Å². The Hall–Kier alpha value is -1.52. The Kier molecular flexibility index (Phi) is 3.57. The van der Waals surface area contributed by atoms with Crippen LogP contribution >= 0.6 is 0 Å². The first kappa shape index (κ1) is 12.5. The van der Waals surface area contributed by atoms with E-state index in [4.69, 9.17) is 4.74 Å². The Labute approximate surface area is 95.4 Å². The smallest absolute Gasteiger partial charge is 0.414 e. The van der Waals surface area contributed by atoms with Gasteiger partial charge in [-0.3, -0.25) is 9.69 Å². The fourth-order valence-electron chi connectivity index (χ4n) is 1.12. The number of ether oxygens (including phenoxy) is 1. The van der Waals surface area contributed by atoms with Crippen molar-refractivity contribution in [2.75, 3.05) is 13.1 Å². The number of hydrogen-bond acceptors (Lipinski definition) is 4. The molecular weight excluding hydrogens is 208 g/mol. The van der Waals surface area contributed by atoms with Crippen molar-refractivity contribution in [3.05, 3.63) is 11.9 Å². The van der Waals surface area contributed by atoms with E-state index >= 15 is 0 Å². The van der Waals surface area contributed by atoms with Crippen LogP contribution in [0, 0.1) is 0 Å². The summed E-state index contributed by atoms with van der Waals surface area (Å²) in [7, 11) is 0. The Bertz CT molecular complexity index is 329. The molecule has 0 spiro atoms. The molecule has 0 fully saturated rings. The average Bonchev–Trinajstić information content (AvgIpc) is 1.96. The predicted molar refractivity (Wildman–Crippen MR) is 59.7 cm³/mol. The Morgan fingerprint density at radius 1 is 1.50 bits per heavy atom. The number of hydrogen-bond donors (Lipinski definition) is 1. The number of carbonyl (C=O) groups is 2. The molecule has 5 nitrogen and oxygen atoms in total. The lowest BCUT2D eigenvalue weighted by Gasteiger charge is -2.31. The van der Waals surface area contributed by atoms with Crippen molar-refractivity contribution in [1.29, 1.82) is 0 Å². The molecule has 1 aliphatic heterocycles. The molecule has 0 aromatic carbocycles. The number of carbonyl (C=O) groups excluding carboxylic acids is 2. The fourth-order valence-corrected chi connectivity index (χ4v) is 1.12. The third-order valence-electron chi connectivity index (χ3n) is 1.84. The highest BCUT2D eigenvalue weighted by atomic mass is 16.6. The van der Waals surface area contributed by atoms with Gasteiger partial charge < -0.3 is 10.1 Å². The molecule has 1 rings (SSSR count). The van der Waals surface area contributed by atoms with E-state index in [1.807, 2.05) is 20.8 Å². The minimum Gasteiger partial charge on any atom is -0.443 e. The van der Waals surface area contributed by atoms with Gasteiger partial charge in [-0.15, -0.1) is 0 Å². The summed E-state index contributed by atoms with van der Waals surface area (Å²) in [5.74, 6) is 0.0663. The fraction of sp³-hybridized carbons (Fsp3) is 0.636. The number of nitrogens with zero attached hydrogens (tertiary/aromatic N) is 1. The molecule has 1 heterocycles. The summed E-state index contributed by atoms with van der Waals surface area (Å²) in [6, 6.07) is 0. The van der Waals surface area contributed by atoms with Gasteiger partial charge in [-0.25, -0.2) is 4.79 Å². The van der Waals surface area contributed by atoms with Crippen LogP contribution in [-0.2, 0) is 9.53 Å². The zero-order valence-corrected chi connectivity index (χ0v) is 10.2. The molecule has 0 saturated heterocycles. The molecular formula is C11H18N2O3. The van der Waals surface area contributed by atoms with E-state index in [1.165, 1.54) is 11.8 Å². The summed E-state index contributed by atoms with van der Waals surface area (Å²) in [5.41, 5.74) is 0.397. The molecule has 1 amide bonds. The third-order valence-corrected chi connectivity index (χ3v) is 1.84. The largest absolute Gasteiger partial charge is 0.443 e. The first-order valence-electron chi connectivity index (χ1n) is 5.21. The van der Waals surface area contributed by atoms with Gasteiger partial charge in [0.15, 0.2) is 0 Å². The molecule has 0 bridgehead atoms. The highest BCUT2D eigenvalue weighted by Gasteiger charge is 2.26. The topological polar surface area (TPSA) is 58.6 Å². The number of amides is 1. The van der Waals surface area contributed by atoms with Crippen LogP contribution in [-0.4, -0.2) is 35.5 Å². The number of nitrogens with one attached hydrogen (secondary N) is 1. The van der Waals surface area contributed by atoms with E-state index in [0.717, 1.165) is 5.70 Å². The van der Waals surface area contributed by atoms with E-state index < -0.39 is 5.60 Å². The Morgan fingerprint density at radius 2 is 2.06 bits per heavy atom. The number of rotatable bonds is 3. The van der Waals surface area contributed by atoms with Crippen molar-refractivity contribution >= 4 is 11.9 Å². The second-order valence-corrected chi connectivity index (χ2v) is 4.82. The van der Waals surface area contributed by atoms with Crippen LogP contribution in [0.3, 0.4) is 0 Å². The lowest BCUT2D eigenvalue weighted by molar-refractivity contribution is -0.116. The average molecular weight is 226 g/mol. The maximum absolute atomic E-state index is 11.5. The summed E-state index contributed by atoms with van der Waals surface area (Å²) in [6.07, 6.45) is 1.29. The van der Waals surface area contributed by atoms with E-state index in [-0.39, 0.29) is 11.9 Å². The summed E-state index contributed by atoms with van der Waals surface area (Å²) in [4.78, 5) is 23.7. The molecule has 5 heteroatoms. The standard InChI is InChI=1S/C11H18N2O3/c1-8(14)5-12-9-6-13(7-9)10(15)16-11(2,3)4/h6,12H,5,7H2,1-4H3. The van der Waals surface area contributed by atoms with Crippen LogP contribution in [0.15, 0.2) is 11.9 Å². The minimum absolute atomic E-state index is 0.0663. The first-order chi connectivity index (χ1) is 7.28. The zero-order valence-electron chi connectivity index (χ0n) is 10.2. The van der Waals surface area contributed by atoms with Crippen LogP contribution in [0.25, 0.3) is 0 Å². The van der Waals surface area contributed by atoms with Gasteiger partial charge >= 0.3 is 6.09 Å². The van der Waals surface area contributed by atoms with Gasteiger partial charge in [0.1, 0.15) is 11.4 Å². The quantitative estimate of drug-likeness (QED) is 0.787. The molecule has 16 heavy (non-hydrogen) atoms. The lowest BCUT2D eigenvalue weighted by atomic mass is 10.2. The molecule has 1 aliphatic rings. The molecule has 0 aliphatic carbocycles. The van der Waals surface area contributed by atoms with Crippen LogP contribution in [0.5, 0.6) is 0 Å². The van der Waals surface area contributed by atoms with E-state index in [9.17, 15) is 9.59 Å². The molecule has 0 saturated carbocycles. The van der Waals surface area contributed by atoms with Crippen molar-refractivity contribution in [3.63, 3.8) is 0 Å². The van der Waals surface area contributed by atoms with E-state index in [2.05, 4.69) is 5.32 Å². The van der Waals surface area contributed by atoms with Crippen molar-refractivity contribution in [1.82, 2.24) is 10.2 Å². The summed E-state index contributed by atoms with van der Waals surface area (Å²) < 4.78 is 5.16. The second kappa shape index (κ2) is 4.55. The molecule has 0 aromatic heterocycles. The molecule has 0 atom stereocenters. The molecule has 0 aromatic rings. The normalized spacial score (nSPS) is 15.0. The van der Waals surface area contributed by atoms with E-state index in [1.54, 1.807) is 6.20 Å². The number of ketones is 1. The summed E-state index contributed by atoms with van der Waals surface area (Å²) in [5, 5.41) is 2.93. The maximum atomic E-state index is 11.5. The van der Waals surface area contributed by atoms with Gasteiger partial charge in [-0.1, -0.05) is 0 Å². The third kappa shape index (κ3) is 3.92. The molecule has 90 valence electrons. The van der Waals surface area contributed by atoms with Crippen LogP contribution in [0.4, 0.5) is 4.79 Å².